The number of imidazole rings is 2. The number of hydrogen-bond acceptors (Lipinski definition) is 4. The molecule has 0 aliphatic carbocycles. The van der Waals surface area contributed by atoms with E-state index in [-0.39, 0.29) is 44.2 Å². The average molecular weight is 680 g/mol. The Morgan fingerprint density at radius 1 is 1.00 bits per heavy atom. The van der Waals surface area contributed by atoms with Crippen LogP contribution in [0.15, 0.2) is 33.2 Å². The summed E-state index contributed by atoms with van der Waals surface area (Å²) in [6, 6.07) is 6.56. The fourth-order valence-electron chi connectivity index (χ4n) is 4.95. The van der Waals surface area contributed by atoms with Gasteiger partial charge in [0.2, 0.25) is 0 Å². The summed E-state index contributed by atoms with van der Waals surface area (Å²) in [6.45, 7) is 9.62. The zero-order chi connectivity index (χ0) is 26.6. The Morgan fingerprint density at radius 3 is 2.05 bits per heavy atom. The highest BCUT2D eigenvalue weighted by atomic mass is 79.9. The second-order valence-corrected chi connectivity index (χ2v) is 12.4. The molecule has 1 aliphatic heterocycles. The van der Waals surface area contributed by atoms with Crippen molar-refractivity contribution in [3.8, 4) is 0 Å². The molecular weight excluding hydrogens is 644 g/mol. The molecule has 1 N–H and O–H groups in total. The SMILES string of the molecule is C.C.CC(C)(CO)n1c(CCl)nc2c(F)cc(Br)cc21.CN1Cc2nc3c(F)cc(Br)cc3n2C(C)(C)C1. The third-order valence-corrected chi connectivity index (χ3v) is 7.44. The minimum absolute atomic E-state index is 0. The van der Waals surface area contributed by atoms with Gasteiger partial charge in [0.1, 0.15) is 22.7 Å². The summed E-state index contributed by atoms with van der Waals surface area (Å²) in [6.07, 6.45) is 0. The zero-order valence-corrected chi connectivity index (χ0v) is 24.6. The number of aromatic nitrogens is 4. The van der Waals surface area contributed by atoms with E-state index in [0.717, 1.165) is 28.9 Å². The summed E-state index contributed by atoms with van der Waals surface area (Å²) >= 11 is 12.5. The van der Waals surface area contributed by atoms with Gasteiger partial charge in [-0.2, -0.15) is 0 Å². The number of alkyl halides is 1. The molecule has 2 aromatic carbocycles. The topological polar surface area (TPSA) is 59.1 Å². The van der Waals surface area contributed by atoms with Gasteiger partial charge < -0.3 is 14.2 Å². The van der Waals surface area contributed by atoms with Crippen molar-refractivity contribution in [2.45, 2.75) is 66.1 Å². The van der Waals surface area contributed by atoms with Crippen LogP contribution >= 0.6 is 43.5 Å². The van der Waals surface area contributed by atoms with Crippen molar-refractivity contribution in [1.29, 1.82) is 0 Å². The Morgan fingerprint density at radius 2 is 1.53 bits per heavy atom. The molecule has 0 fully saturated rings. The van der Waals surface area contributed by atoms with Crippen molar-refractivity contribution in [1.82, 2.24) is 24.0 Å². The maximum atomic E-state index is 14.0. The number of hydrogen-bond donors (Lipinski definition) is 1. The number of nitrogens with zero attached hydrogens (tertiary/aromatic N) is 5. The van der Waals surface area contributed by atoms with E-state index in [9.17, 15) is 13.9 Å². The molecule has 1 aliphatic rings. The van der Waals surface area contributed by atoms with Crippen LogP contribution in [0.5, 0.6) is 0 Å². The van der Waals surface area contributed by atoms with Crippen molar-refractivity contribution < 1.29 is 13.9 Å². The van der Waals surface area contributed by atoms with Crippen molar-refractivity contribution in [3.63, 3.8) is 0 Å². The maximum Gasteiger partial charge on any atom is 0.152 e. The molecule has 2 aromatic heterocycles. The molecule has 0 amide bonds. The fraction of sp³-hybridized carbons (Fsp3) is 0.481. The van der Waals surface area contributed by atoms with Gasteiger partial charge in [0.05, 0.1) is 41.1 Å². The van der Waals surface area contributed by atoms with Crippen LogP contribution in [0.4, 0.5) is 8.78 Å². The summed E-state index contributed by atoms with van der Waals surface area (Å²) in [7, 11) is 2.07. The molecule has 0 radical (unpaired) electrons. The predicted molar refractivity (Wildman–Crippen MR) is 160 cm³/mol. The molecule has 11 heteroatoms. The van der Waals surface area contributed by atoms with Crippen LogP contribution in [0.1, 0.15) is 54.2 Å². The van der Waals surface area contributed by atoms with Crippen molar-refractivity contribution >= 4 is 65.5 Å². The molecule has 0 saturated carbocycles. The van der Waals surface area contributed by atoms with E-state index in [1.54, 1.807) is 10.6 Å². The van der Waals surface area contributed by atoms with Crippen LogP contribution in [0.25, 0.3) is 22.1 Å². The Bertz CT molecular complexity index is 1440. The first-order chi connectivity index (χ1) is 16.8. The standard InChI is InChI=1S/C13H15BrFN3.C12H13BrClFN2O.2CH4/c1-13(2)7-17(3)6-11-16-12-9(15)4-8(14)5-10(12)18(11)13;1-12(2,6-18)17-9-4-7(13)3-8(15)11(9)16-10(17)5-14;;/h4-5H,6-7H2,1-3H3;3-4,18H,5-6H2,1-2H3;2*1H4. The second kappa shape index (κ2) is 11.9. The van der Waals surface area contributed by atoms with Gasteiger partial charge in [0, 0.05) is 15.5 Å². The Labute approximate surface area is 245 Å². The third kappa shape index (κ3) is 5.94. The van der Waals surface area contributed by atoms with E-state index < -0.39 is 11.4 Å². The molecule has 0 atom stereocenters. The number of aliphatic hydroxyl groups excluding tert-OH is 1. The molecule has 210 valence electrons. The minimum atomic E-state index is -0.591. The number of rotatable bonds is 3. The van der Waals surface area contributed by atoms with E-state index in [0.29, 0.717) is 21.3 Å². The quantitative estimate of drug-likeness (QED) is 0.225. The molecular formula is C27H36Br2ClF2N5O. The molecule has 0 spiro atoms. The first kappa shape index (κ1) is 32.6. The first-order valence-electron chi connectivity index (χ1n) is 11.4. The van der Waals surface area contributed by atoms with E-state index in [4.69, 9.17) is 11.6 Å². The zero-order valence-electron chi connectivity index (χ0n) is 20.7. The van der Waals surface area contributed by atoms with Gasteiger partial charge >= 0.3 is 0 Å². The lowest BCUT2D eigenvalue weighted by Crippen LogP contribution is -2.45. The van der Waals surface area contributed by atoms with Gasteiger partial charge in [-0.15, -0.1) is 11.6 Å². The van der Waals surface area contributed by atoms with Gasteiger partial charge in [0.25, 0.3) is 0 Å². The molecule has 3 heterocycles. The van der Waals surface area contributed by atoms with Crippen LogP contribution < -0.4 is 0 Å². The van der Waals surface area contributed by atoms with Crippen LogP contribution in [0.2, 0.25) is 0 Å². The van der Waals surface area contributed by atoms with E-state index in [2.05, 4.69) is 72.2 Å². The summed E-state index contributed by atoms with van der Waals surface area (Å²) in [4.78, 5) is 10.9. The van der Waals surface area contributed by atoms with E-state index in [1.165, 1.54) is 12.1 Å². The van der Waals surface area contributed by atoms with Gasteiger partial charge in [-0.05, 0) is 59.0 Å². The second-order valence-electron chi connectivity index (χ2n) is 10.3. The van der Waals surface area contributed by atoms with Gasteiger partial charge in [-0.1, -0.05) is 46.7 Å². The third-order valence-electron chi connectivity index (χ3n) is 6.28. The monoisotopic (exact) mass is 677 g/mol. The van der Waals surface area contributed by atoms with Crippen LogP contribution in [-0.4, -0.2) is 49.3 Å². The number of aliphatic hydroxyl groups is 1. The smallest absolute Gasteiger partial charge is 0.152 e. The molecule has 5 rings (SSSR count). The van der Waals surface area contributed by atoms with Gasteiger partial charge in [-0.25, -0.2) is 18.7 Å². The summed E-state index contributed by atoms with van der Waals surface area (Å²) < 4.78 is 33.1. The molecule has 0 bridgehead atoms. The maximum absolute atomic E-state index is 14.0. The highest BCUT2D eigenvalue weighted by Gasteiger charge is 2.33. The molecule has 0 unspecified atom stereocenters. The van der Waals surface area contributed by atoms with Crippen LogP contribution in [-0.2, 0) is 23.5 Å². The summed E-state index contributed by atoms with van der Waals surface area (Å²) in [5.74, 6) is 0.969. The lowest BCUT2D eigenvalue weighted by atomic mass is 10.0. The van der Waals surface area contributed by atoms with E-state index >= 15 is 0 Å². The lowest BCUT2D eigenvalue weighted by molar-refractivity contribution is 0.162. The molecule has 6 nitrogen and oxygen atoms in total. The number of benzene rings is 2. The average Bonchev–Trinajstić information content (AvgIpc) is 3.33. The first-order valence-corrected chi connectivity index (χ1v) is 13.5. The number of likely N-dealkylation sites (N-methyl/N-ethyl adjacent to an activating group) is 1. The minimum Gasteiger partial charge on any atom is -0.394 e. The number of fused-ring (bicyclic) bond motifs is 4. The largest absolute Gasteiger partial charge is 0.394 e. The summed E-state index contributed by atoms with van der Waals surface area (Å²) in [5.41, 5.74) is 1.56. The molecule has 4 aromatic rings. The van der Waals surface area contributed by atoms with Gasteiger partial charge in [0.15, 0.2) is 11.6 Å². The van der Waals surface area contributed by atoms with E-state index in [1.807, 2.05) is 19.9 Å². The van der Waals surface area contributed by atoms with Crippen molar-refractivity contribution in [2.75, 3.05) is 20.2 Å². The van der Waals surface area contributed by atoms with Gasteiger partial charge in [-0.3, -0.25) is 4.90 Å². The molecule has 0 saturated heterocycles. The number of halogens is 5. The molecule has 38 heavy (non-hydrogen) atoms. The van der Waals surface area contributed by atoms with Crippen molar-refractivity contribution in [3.05, 3.63) is 56.5 Å². The highest BCUT2D eigenvalue weighted by Crippen LogP contribution is 2.33. The Balaban J connectivity index is 0.000000253. The summed E-state index contributed by atoms with van der Waals surface area (Å²) in [5, 5.41) is 9.49. The lowest BCUT2D eigenvalue weighted by Gasteiger charge is -2.38. The highest BCUT2D eigenvalue weighted by molar-refractivity contribution is 9.10. The van der Waals surface area contributed by atoms with Crippen LogP contribution in [0.3, 0.4) is 0 Å². The van der Waals surface area contributed by atoms with Crippen molar-refractivity contribution in [2.24, 2.45) is 0 Å². The Hall–Kier alpha value is -1.59. The normalized spacial score (nSPS) is 14.9. The fourth-order valence-corrected chi connectivity index (χ4v) is 5.96. The predicted octanol–water partition coefficient (Wildman–Crippen LogP) is 7.79. The van der Waals surface area contributed by atoms with Crippen LogP contribution in [0, 0.1) is 11.6 Å². The Kier molecular flexibility index (Phi) is 10.2.